The van der Waals surface area contributed by atoms with E-state index in [1.165, 1.54) is 6.07 Å². The predicted molar refractivity (Wildman–Crippen MR) is 75.4 cm³/mol. The smallest absolute Gasteiger partial charge is 0.393 e. The summed E-state index contributed by atoms with van der Waals surface area (Å²) in [5, 5.41) is 12.1. The van der Waals surface area contributed by atoms with Crippen molar-refractivity contribution in [2.45, 2.75) is 39.0 Å². The maximum atomic E-state index is 12.8. The van der Waals surface area contributed by atoms with Gasteiger partial charge in [-0.05, 0) is 19.8 Å². The van der Waals surface area contributed by atoms with Crippen molar-refractivity contribution in [3.05, 3.63) is 11.9 Å². The fraction of sp³-hybridized carbons (Fsp3) is 0.692. The zero-order chi connectivity index (χ0) is 16.0. The van der Waals surface area contributed by atoms with Gasteiger partial charge in [0.15, 0.2) is 0 Å². The highest BCUT2D eigenvalue weighted by atomic mass is 19.4. The number of aliphatic hydroxyl groups is 1. The quantitative estimate of drug-likeness (QED) is 0.810. The first-order valence-electron chi connectivity index (χ1n) is 6.83. The van der Waals surface area contributed by atoms with Gasteiger partial charge in [-0.1, -0.05) is 6.92 Å². The molecule has 0 aliphatic rings. The maximum absolute atomic E-state index is 12.8. The molecule has 5 nitrogen and oxygen atoms in total. The number of aliphatic hydroxyl groups excluding tert-OH is 1. The minimum absolute atomic E-state index is 0.151. The highest BCUT2D eigenvalue weighted by Crippen LogP contribution is 2.29. The van der Waals surface area contributed by atoms with E-state index in [2.05, 4.69) is 15.3 Å². The molecular formula is C13H21F3N4O. The van der Waals surface area contributed by atoms with Crippen molar-refractivity contribution in [3.63, 3.8) is 0 Å². The van der Waals surface area contributed by atoms with Crippen molar-refractivity contribution in [1.82, 2.24) is 9.97 Å². The summed E-state index contributed by atoms with van der Waals surface area (Å²) in [6.07, 6.45) is -3.89. The van der Waals surface area contributed by atoms with Gasteiger partial charge >= 0.3 is 6.18 Å². The van der Waals surface area contributed by atoms with Gasteiger partial charge in [0, 0.05) is 26.2 Å². The standard InChI is InChI=1S/C13H21F3N4O/c1-4-6-17-10-8-11(20(3)7-5-9(2)21)19-12(18-10)13(14,15)16/h8-9,21H,4-7H2,1-3H3,(H,17,18,19). The van der Waals surface area contributed by atoms with Crippen molar-refractivity contribution < 1.29 is 18.3 Å². The van der Waals surface area contributed by atoms with Crippen LogP contribution in [-0.2, 0) is 6.18 Å². The molecule has 0 aromatic carbocycles. The number of nitrogens with one attached hydrogen (secondary N) is 1. The van der Waals surface area contributed by atoms with E-state index in [1.807, 2.05) is 6.92 Å². The summed E-state index contributed by atoms with van der Waals surface area (Å²) in [5.74, 6) is -0.836. The highest BCUT2D eigenvalue weighted by molar-refractivity contribution is 5.49. The molecule has 1 atom stereocenters. The minimum atomic E-state index is -4.59. The molecule has 0 radical (unpaired) electrons. The first kappa shape index (κ1) is 17.5. The maximum Gasteiger partial charge on any atom is 0.451 e. The number of hydrogen-bond acceptors (Lipinski definition) is 5. The molecule has 0 spiro atoms. The Kier molecular flexibility index (Phi) is 6.19. The van der Waals surface area contributed by atoms with Gasteiger partial charge in [0.25, 0.3) is 0 Å². The molecule has 2 N–H and O–H groups in total. The van der Waals surface area contributed by atoms with Crippen LogP contribution in [0.25, 0.3) is 0 Å². The van der Waals surface area contributed by atoms with Crippen LogP contribution in [0.15, 0.2) is 6.07 Å². The number of anilines is 2. The molecule has 1 heterocycles. The number of alkyl halides is 3. The summed E-state index contributed by atoms with van der Waals surface area (Å²) in [6, 6.07) is 1.48. The molecule has 1 unspecified atom stereocenters. The Morgan fingerprint density at radius 3 is 2.57 bits per heavy atom. The van der Waals surface area contributed by atoms with Gasteiger partial charge < -0.3 is 15.3 Å². The lowest BCUT2D eigenvalue weighted by Gasteiger charge is -2.21. The fourth-order valence-corrected chi connectivity index (χ4v) is 1.60. The Labute approximate surface area is 122 Å². The average molecular weight is 306 g/mol. The summed E-state index contributed by atoms with van der Waals surface area (Å²) in [4.78, 5) is 8.63. The summed E-state index contributed by atoms with van der Waals surface area (Å²) >= 11 is 0. The van der Waals surface area contributed by atoms with Crippen molar-refractivity contribution >= 4 is 11.6 Å². The number of hydrogen-bond donors (Lipinski definition) is 2. The lowest BCUT2D eigenvalue weighted by molar-refractivity contribution is -0.144. The van der Waals surface area contributed by atoms with Crippen LogP contribution in [0.2, 0.25) is 0 Å². The summed E-state index contributed by atoms with van der Waals surface area (Å²) in [6.45, 7) is 4.47. The average Bonchev–Trinajstić information content (AvgIpc) is 2.41. The van der Waals surface area contributed by atoms with E-state index >= 15 is 0 Å². The van der Waals surface area contributed by atoms with Crippen LogP contribution in [0.3, 0.4) is 0 Å². The molecule has 1 rings (SSSR count). The van der Waals surface area contributed by atoms with Crippen molar-refractivity contribution in [2.24, 2.45) is 0 Å². The number of halogens is 3. The number of nitrogens with zero attached hydrogens (tertiary/aromatic N) is 3. The molecule has 1 aromatic rings. The van der Waals surface area contributed by atoms with Gasteiger partial charge in [0.05, 0.1) is 6.10 Å². The molecule has 0 aliphatic heterocycles. The molecule has 21 heavy (non-hydrogen) atoms. The second-order valence-corrected chi connectivity index (χ2v) is 4.92. The molecule has 0 bridgehead atoms. The van der Waals surface area contributed by atoms with Gasteiger partial charge in [-0.25, -0.2) is 9.97 Å². The van der Waals surface area contributed by atoms with Gasteiger partial charge in [0.1, 0.15) is 11.6 Å². The molecular weight excluding hydrogens is 285 g/mol. The van der Waals surface area contributed by atoms with Crippen LogP contribution in [0, 0.1) is 0 Å². The first-order valence-corrected chi connectivity index (χ1v) is 6.83. The van der Waals surface area contributed by atoms with Gasteiger partial charge in [-0.3, -0.25) is 0 Å². The molecule has 0 aliphatic carbocycles. The van der Waals surface area contributed by atoms with E-state index in [9.17, 15) is 18.3 Å². The fourth-order valence-electron chi connectivity index (χ4n) is 1.60. The number of aromatic nitrogens is 2. The predicted octanol–water partition coefficient (Wildman–Crippen LogP) is 2.52. The SMILES string of the molecule is CCCNc1cc(N(C)CCC(C)O)nc(C(F)(F)F)n1. The Morgan fingerprint density at radius 2 is 2.05 bits per heavy atom. The zero-order valence-electron chi connectivity index (χ0n) is 12.4. The van der Waals surface area contributed by atoms with Crippen LogP contribution < -0.4 is 10.2 Å². The summed E-state index contributed by atoms with van der Waals surface area (Å²) < 4.78 is 38.5. The highest BCUT2D eigenvalue weighted by Gasteiger charge is 2.35. The first-order chi connectivity index (χ1) is 9.74. The molecule has 0 fully saturated rings. The third-order valence-electron chi connectivity index (χ3n) is 2.80. The Morgan fingerprint density at radius 1 is 1.38 bits per heavy atom. The van der Waals surface area contributed by atoms with E-state index in [0.717, 1.165) is 6.42 Å². The van der Waals surface area contributed by atoms with Gasteiger partial charge in [-0.15, -0.1) is 0 Å². The molecule has 8 heteroatoms. The second-order valence-electron chi connectivity index (χ2n) is 4.92. The van der Waals surface area contributed by atoms with Crippen molar-refractivity contribution in [3.8, 4) is 0 Å². The van der Waals surface area contributed by atoms with E-state index in [4.69, 9.17) is 0 Å². The molecule has 0 saturated carbocycles. The Hall–Kier alpha value is -1.57. The summed E-state index contributed by atoms with van der Waals surface area (Å²) in [5.41, 5.74) is 0. The van der Waals surface area contributed by atoms with Crippen LogP contribution in [-0.4, -0.2) is 41.3 Å². The number of rotatable bonds is 7. The van der Waals surface area contributed by atoms with Crippen molar-refractivity contribution in [2.75, 3.05) is 30.4 Å². The lowest BCUT2D eigenvalue weighted by atomic mass is 10.3. The van der Waals surface area contributed by atoms with Crippen LogP contribution in [0.4, 0.5) is 24.8 Å². The third kappa shape index (κ3) is 5.74. The minimum Gasteiger partial charge on any atom is -0.393 e. The second kappa shape index (κ2) is 7.44. The van der Waals surface area contributed by atoms with Crippen LogP contribution in [0.1, 0.15) is 32.5 Å². The summed E-state index contributed by atoms with van der Waals surface area (Å²) in [7, 11) is 1.63. The van der Waals surface area contributed by atoms with E-state index in [-0.39, 0.29) is 11.6 Å². The van der Waals surface area contributed by atoms with Crippen LogP contribution in [0.5, 0.6) is 0 Å². The van der Waals surface area contributed by atoms with Crippen molar-refractivity contribution in [1.29, 1.82) is 0 Å². The van der Waals surface area contributed by atoms with Gasteiger partial charge in [-0.2, -0.15) is 13.2 Å². The van der Waals surface area contributed by atoms with Gasteiger partial charge in [0.2, 0.25) is 5.82 Å². The van der Waals surface area contributed by atoms with E-state index in [1.54, 1.807) is 18.9 Å². The molecule has 0 amide bonds. The Bertz CT molecular complexity index is 452. The van der Waals surface area contributed by atoms with E-state index < -0.39 is 18.1 Å². The normalized spacial score (nSPS) is 13.1. The topological polar surface area (TPSA) is 61.3 Å². The Balaban J connectivity index is 3.00. The molecule has 120 valence electrons. The molecule has 1 aromatic heterocycles. The van der Waals surface area contributed by atoms with E-state index in [0.29, 0.717) is 19.5 Å². The lowest BCUT2D eigenvalue weighted by Crippen LogP contribution is -2.25. The molecule has 0 saturated heterocycles. The monoisotopic (exact) mass is 306 g/mol. The largest absolute Gasteiger partial charge is 0.451 e. The zero-order valence-corrected chi connectivity index (χ0v) is 12.4. The third-order valence-corrected chi connectivity index (χ3v) is 2.80. The van der Waals surface area contributed by atoms with Crippen LogP contribution >= 0.6 is 0 Å².